The fraction of sp³-hybridized carbons (Fsp3) is 0.200. The Morgan fingerprint density at radius 3 is 1.80 bits per heavy atom. The second kappa shape index (κ2) is 9.64. The van der Waals surface area contributed by atoms with Gasteiger partial charge in [-0.15, -0.1) is 0 Å². The summed E-state index contributed by atoms with van der Waals surface area (Å²) in [7, 11) is 0. The Morgan fingerprint density at radius 2 is 1.12 bits per heavy atom. The van der Waals surface area contributed by atoms with Crippen LogP contribution in [0.25, 0.3) is 21.5 Å². The van der Waals surface area contributed by atoms with Gasteiger partial charge in [0.15, 0.2) is 0 Å². The number of fused-ring (bicyclic) bond motifs is 2. The van der Waals surface area contributed by atoms with Gasteiger partial charge in [-0.1, -0.05) is 111 Å². The van der Waals surface area contributed by atoms with Crippen molar-refractivity contribution in [1.82, 2.24) is 0 Å². The monoisotopic (exact) mass is 328 g/mol. The number of hydrogen-bond donors (Lipinski definition) is 0. The minimum atomic E-state index is 1.25. The van der Waals surface area contributed by atoms with E-state index >= 15 is 0 Å². The molecular weight excluding hydrogens is 300 g/mol. The fourth-order valence-corrected chi connectivity index (χ4v) is 2.70. The molecule has 0 bridgehead atoms. The molecule has 0 saturated heterocycles. The maximum atomic E-state index is 2.20. The first kappa shape index (κ1) is 18.7. The molecule has 0 aliphatic rings. The average Bonchev–Trinajstić information content (AvgIpc) is 2.63. The Labute approximate surface area is 152 Å². The van der Waals surface area contributed by atoms with Crippen molar-refractivity contribution in [2.45, 2.75) is 34.1 Å². The van der Waals surface area contributed by atoms with Gasteiger partial charge in [0.25, 0.3) is 0 Å². The SMILES string of the molecule is CCC.Cc1ccc2ccccc2c1.Cc1cccc2ccccc12. The zero-order valence-corrected chi connectivity index (χ0v) is 15.8. The van der Waals surface area contributed by atoms with Gasteiger partial charge in [-0.05, 0) is 41.0 Å². The van der Waals surface area contributed by atoms with Crippen LogP contribution in [0.1, 0.15) is 31.4 Å². The van der Waals surface area contributed by atoms with Crippen LogP contribution in [-0.2, 0) is 0 Å². The molecule has 0 heterocycles. The van der Waals surface area contributed by atoms with E-state index < -0.39 is 0 Å². The number of aryl methyl sites for hydroxylation is 2. The maximum Gasteiger partial charge on any atom is -0.0155 e. The zero-order valence-electron chi connectivity index (χ0n) is 15.8. The molecule has 128 valence electrons. The fourth-order valence-electron chi connectivity index (χ4n) is 2.70. The standard InChI is InChI=1S/2C11H10.C3H8/c1-9-5-4-7-10-6-2-3-8-11(9)10;1-9-6-7-10-4-2-3-5-11(10)8-9;1-3-2/h2*2-8H,1H3;3H2,1-2H3. The highest BCUT2D eigenvalue weighted by Crippen LogP contribution is 2.16. The Morgan fingerprint density at radius 1 is 0.560 bits per heavy atom. The average molecular weight is 328 g/mol. The molecule has 0 aliphatic carbocycles. The first-order valence-corrected chi connectivity index (χ1v) is 9.05. The smallest absolute Gasteiger partial charge is 0.0155 e. The van der Waals surface area contributed by atoms with E-state index in [9.17, 15) is 0 Å². The molecule has 25 heavy (non-hydrogen) atoms. The van der Waals surface area contributed by atoms with Gasteiger partial charge in [0.05, 0.1) is 0 Å². The molecule has 0 aromatic heterocycles. The lowest BCUT2D eigenvalue weighted by Gasteiger charge is -1.98. The molecule has 0 fully saturated rings. The molecule has 0 atom stereocenters. The first-order valence-electron chi connectivity index (χ1n) is 9.05. The van der Waals surface area contributed by atoms with Crippen LogP contribution in [0.4, 0.5) is 0 Å². The summed E-state index contributed by atoms with van der Waals surface area (Å²) in [6, 6.07) is 29.7. The molecule has 0 radical (unpaired) electrons. The normalized spacial score (nSPS) is 9.76. The lowest BCUT2D eigenvalue weighted by atomic mass is 10.1. The van der Waals surface area contributed by atoms with Gasteiger partial charge in [0.2, 0.25) is 0 Å². The van der Waals surface area contributed by atoms with Crippen molar-refractivity contribution in [1.29, 1.82) is 0 Å². The summed E-state index contributed by atoms with van der Waals surface area (Å²) in [5.74, 6) is 0. The van der Waals surface area contributed by atoms with Crippen molar-refractivity contribution in [2.24, 2.45) is 0 Å². The molecule has 0 amide bonds. The highest BCUT2D eigenvalue weighted by Gasteiger charge is 1.92. The summed E-state index contributed by atoms with van der Waals surface area (Å²) in [6.45, 7) is 8.51. The predicted octanol–water partition coefficient (Wildman–Crippen LogP) is 7.71. The minimum Gasteiger partial charge on any atom is -0.0656 e. The summed E-state index contributed by atoms with van der Waals surface area (Å²) < 4.78 is 0. The Hall–Kier alpha value is -2.60. The zero-order chi connectivity index (χ0) is 18.1. The van der Waals surface area contributed by atoms with E-state index in [1.165, 1.54) is 39.1 Å². The van der Waals surface area contributed by atoms with Gasteiger partial charge in [-0.3, -0.25) is 0 Å². The summed E-state index contributed by atoms with van der Waals surface area (Å²) in [4.78, 5) is 0. The first-order chi connectivity index (χ1) is 12.2. The van der Waals surface area contributed by atoms with Crippen molar-refractivity contribution in [2.75, 3.05) is 0 Å². The third-order valence-corrected chi connectivity index (χ3v) is 3.91. The summed E-state index contributed by atoms with van der Waals surface area (Å²) >= 11 is 0. The van der Waals surface area contributed by atoms with Gasteiger partial charge in [0.1, 0.15) is 0 Å². The minimum absolute atomic E-state index is 1.25. The summed E-state index contributed by atoms with van der Waals surface area (Å²) in [5, 5.41) is 5.33. The van der Waals surface area contributed by atoms with Crippen molar-refractivity contribution < 1.29 is 0 Å². The van der Waals surface area contributed by atoms with Crippen molar-refractivity contribution >= 4 is 21.5 Å². The van der Waals surface area contributed by atoms with Crippen LogP contribution in [0.3, 0.4) is 0 Å². The van der Waals surface area contributed by atoms with Gasteiger partial charge in [0, 0.05) is 0 Å². The predicted molar refractivity (Wildman–Crippen MR) is 113 cm³/mol. The third-order valence-electron chi connectivity index (χ3n) is 3.91. The van der Waals surface area contributed by atoms with E-state index in [4.69, 9.17) is 0 Å². The van der Waals surface area contributed by atoms with Crippen LogP contribution >= 0.6 is 0 Å². The Balaban J connectivity index is 0.000000156. The van der Waals surface area contributed by atoms with Crippen LogP contribution < -0.4 is 0 Å². The van der Waals surface area contributed by atoms with E-state index in [-0.39, 0.29) is 0 Å². The van der Waals surface area contributed by atoms with Crippen molar-refractivity contribution in [3.05, 3.63) is 96.1 Å². The van der Waals surface area contributed by atoms with Crippen LogP contribution in [-0.4, -0.2) is 0 Å². The molecule has 0 aliphatic heterocycles. The topological polar surface area (TPSA) is 0 Å². The van der Waals surface area contributed by atoms with E-state index in [0.29, 0.717) is 0 Å². The number of benzene rings is 4. The molecule has 0 nitrogen and oxygen atoms in total. The summed E-state index contributed by atoms with van der Waals surface area (Å²) in [6.07, 6.45) is 1.25. The number of rotatable bonds is 0. The maximum absolute atomic E-state index is 2.20. The van der Waals surface area contributed by atoms with Crippen LogP contribution in [0.15, 0.2) is 84.9 Å². The second-order valence-electron chi connectivity index (χ2n) is 6.35. The molecular formula is C25H28. The molecule has 0 heteroatoms. The molecule has 4 rings (SSSR count). The van der Waals surface area contributed by atoms with Gasteiger partial charge >= 0.3 is 0 Å². The van der Waals surface area contributed by atoms with E-state index in [1.807, 2.05) is 0 Å². The molecule has 0 N–H and O–H groups in total. The van der Waals surface area contributed by atoms with E-state index in [0.717, 1.165) is 0 Å². The lowest BCUT2D eigenvalue weighted by Crippen LogP contribution is -1.75. The molecule has 0 unspecified atom stereocenters. The van der Waals surface area contributed by atoms with Crippen LogP contribution in [0.2, 0.25) is 0 Å². The molecule has 4 aromatic rings. The van der Waals surface area contributed by atoms with Crippen LogP contribution in [0, 0.1) is 13.8 Å². The van der Waals surface area contributed by atoms with Gasteiger partial charge in [-0.2, -0.15) is 0 Å². The quantitative estimate of drug-likeness (QED) is 0.310. The van der Waals surface area contributed by atoms with Crippen molar-refractivity contribution in [3.63, 3.8) is 0 Å². The third kappa shape index (κ3) is 5.46. The Bertz CT molecular complexity index is 907. The number of hydrogen-bond acceptors (Lipinski definition) is 0. The largest absolute Gasteiger partial charge is 0.0656 e. The molecule has 0 spiro atoms. The lowest BCUT2D eigenvalue weighted by molar-refractivity contribution is 1.09. The second-order valence-corrected chi connectivity index (χ2v) is 6.35. The van der Waals surface area contributed by atoms with Gasteiger partial charge in [-0.25, -0.2) is 0 Å². The Kier molecular flexibility index (Phi) is 7.22. The molecule has 4 aromatic carbocycles. The van der Waals surface area contributed by atoms with Crippen LogP contribution in [0.5, 0.6) is 0 Å². The highest BCUT2D eigenvalue weighted by molar-refractivity contribution is 5.85. The van der Waals surface area contributed by atoms with Gasteiger partial charge < -0.3 is 0 Å². The molecule has 0 saturated carbocycles. The van der Waals surface area contributed by atoms with E-state index in [1.54, 1.807) is 0 Å². The summed E-state index contributed by atoms with van der Waals surface area (Å²) in [5.41, 5.74) is 2.67. The van der Waals surface area contributed by atoms with Crippen molar-refractivity contribution in [3.8, 4) is 0 Å². The van der Waals surface area contributed by atoms with E-state index in [2.05, 4.69) is 113 Å². The highest BCUT2D eigenvalue weighted by atomic mass is 14.0.